The van der Waals surface area contributed by atoms with Gasteiger partial charge in [0.25, 0.3) is 0 Å². The van der Waals surface area contributed by atoms with Crippen molar-refractivity contribution in [2.75, 3.05) is 5.75 Å². The molecule has 0 bridgehead atoms. The molecule has 0 aliphatic rings. The second kappa shape index (κ2) is 8.72. The molecule has 0 aromatic rings. The summed E-state index contributed by atoms with van der Waals surface area (Å²) < 4.78 is 1.22. The predicted octanol–water partition coefficient (Wildman–Crippen LogP) is 2.39. The molecule has 0 aromatic heterocycles. The summed E-state index contributed by atoms with van der Waals surface area (Å²) in [6.45, 7) is 7.74. The summed E-state index contributed by atoms with van der Waals surface area (Å²) in [5.41, 5.74) is 0. The maximum atomic E-state index is 9.57. The fraction of sp³-hybridized carbons (Fsp3) is 0.727. The fourth-order valence-corrected chi connectivity index (χ4v) is 3.37. The van der Waals surface area contributed by atoms with Gasteiger partial charge in [-0.3, -0.25) is 0 Å². The van der Waals surface area contributed by atoms with E-state index in [-0.39, 0.29) is 12.0 Å². The molecule has 0 fully saturated rings. The predicted molar refractivity (Wildman–Crippen MR) is 68.1 cm³/mol. The number of allylic oxidation sites excluding steroid dienone is 1. The minimum absolute atomic E-state index is 0.217. The van der Waals surface area contributed by atoms with Crippen LogP contribution in [0.15, 0.2) is 12.7 Å². The summed E-state index contributed by atoms with van der Waals surface area (Å²) in [4.78, 5) is 0. The van der Waals surface area contributed by atoms with Crippen molar-refractivity contribution in [2.45, 2.75) is 39.2 Å². The quantitative estimate of drug-likeness (QED) is 0.418. The zero-order valence-corrected chi connectivity index (χ0v) is 11.6. The van der Waals surface area contributed by atoms with E-state index in [9.17, 15) is 5.11 Å². The van der Waals surface area contributed by atoms with Crippen molar-refractivity contribution in [3.8, 4) is 0 Å². The molecule has 0 amide bonds. The van der Waals surface area contributed by atoms with Crippen molar-refractivity contribution in [3.63, 3.8) is 0 Å². The van der Waals surface area contributed by atoms with Crippen LogP contribution < -0.4 is 0 Å². The number of aliphatic hydroxyl groups excluding tert-OH is 1. The van der Waals surface area contributed by atoms with E-state index in [1.165, 1.54) is 16.6 Å². The number of unbranched alkanes of at least 4 members (excludes halogenated alkanes) is 1. The van der Waals surface area contributed by atoms with Crippen LogP contribution >= 0.6 is 11.8 Å². The van der Waals surface area contributed by atoms with Gasteiger partial charge in [0.15, 0.2) is 0 Å². The topological polar surface area (TPSA) is 20.2 Å². The molecule has 0 saturated heterocycles. The van der Waals surface area contributed by atoms with Crippen LogP contribution in [0, 0.1) is 5.92 Å². The van der Waals surface area contributed by atoms with E-state index in [0.717, 1.165) is 12.2 Å². The summed E-state index contributed by atoms with van der Waals surface area (Å²) in [7, 11) is 0. The molecule has 0 rings (SSSR count). The molecule has 0 saturated carbocycles. The number of rotatable bonds is 8. The first kappa shape index (κ1) is 14.4. The fourth-order valence-electron chi connectivity index (χ4n) is 1.09. The van der Waals surface area contributed by atoms with Crippen molar-refractivity contribution in [2.24, 2.45) is 5.92 Å². The van der Waals surface area contributed by atoms with E-state index < -0.39 is 0 Å². The van der Waals surface area contributed by atoms with Gasteiger partial charge in [0.2, 0.25) is 0 Å². The number of hydrogen-bond donors (Lipinski definition) is 1. The van der Waals surface area contributed by atoms with Crippen LogP contribution in [-0.4, -0.2) is 36.3 Å². The molecule has 0 heterocycles. The van der Waals surface area contributed by atoms with E-state index >= 15 is 0 Å². The van der Waals surface area contributed by atoms with Crippen LogP contribution in [0.4, 0.5) is 0 Å². The molecule has 3 heteroatoms. The van der Waals surface area contributed by atoms with Crippen LogP contribution in [0.2, 0.25) is 0 Å². The van der Waals surface area contributed by atoms with Gasteiger partial charge in [-0.15, -0.1) is 0 Å². The summed E-state index contributed by atoms with van der Waals surface area (Å²) in [5.74, 6) is 1.36. The molecule has 0 unspecified atom stereocenters. The van der Waals surface area contributed by atoms with Gasteiger partial charge >= 0.3 is 99.7 Å². The summed E-state index contributed by atoms with van der Waals surface area (Å²) in [6.07, 6.45) is 4.88. The van der Waals surface area contributed by atoms with E-state index in [0.29, 0.717) is 0 Å². The number of thioether (sulfide) groups is 1. The van der Waals surface area contributed by atoms with Gasteiger partial charge in [-0.05, 0) is 0 Å². The third-order valence-corrected chi connectivity index (χ3v) is 4.50. The van der Waals surface area contributed by atoms with Gasteiger partial charge in [0.1, 0.15) is 0 Å². The molecule has 0 spiro atoms. The normalized spacial score (nSPS) is 14.8. The van der Waals surface area contributed by atoms with Crippen LogP contribution in [0.3, 0.4) is 0 Å². The van der Waals surface area contributed by atoms with Gasteiger partial charge in [-0.25, -0.2) is 0 Å². The monoisotopic (exact) mass is 280 g/mol. The second-order valence-corrected chi connectivity index (χ2v) is 6.04. The Bertz CT molecular complexity index is 180. The molecule has 82 valence electrons. The van der Waals surface area contributed by atoms with Crippen LogP contribution in [0.1, 0.15) is 33.1 Å². The molecule has 0 aromatic carbocycles. The third-order valence-electron chi connectivity index (χ3n) is 2.05. The third kappa shape index (κ3) is 6.02. The van der Waals surface area contributed by atoms with Gasteiger partial charge < -0.3 is 0 Å². The van der Waals surface area contributed by atoms with Crippen molar-refractivity contribution < 1.29 is 5.11 Å². The maximum absolute atomic E-state index is 9.57. The Kier molecular flexibility index (Phi) is 9.00. The molecular formula is C11H20OSSe. The Morgan fingerprint density at radius 1 is 1.64 bits per heavy atom. The molecule has 14 heavy (non-hydrogen) atoms. The summed E-state index contributed by atoms with van der Waals surface area (Å²) in [6, 6.07) is 0. The van der Waals surface area contributed by atoms with Crippen molar-refractivity contribution in [1.82, 2.24) is 0 Å². The zero-order chi connectivity index (χ0) is 11.0. The first-order valence-electron chi connectivity index (χ1n) is 5.09. The molecule has 1 N–H and O–H groups in total. The van der Waals surface area contributed by atoms with E-state index in [1.54, 1.807) is 0 Å². The standard InChI is InChI=1S/C11H20OSSe/c1-4-6-8-13-11(14)10(7-5-2)9(3)12/h5,9-10,12H,2,4,6-8H2,1,3H3/t9-,10-/m1/s1. The Morgan fingerprint density at radius 2 is 2.29 bits per heavy atom. The molecule has 0 radical (unpaired) electrons. The number of aliphatic hydroxyl groups is 1. The Hall–Kier alpha value is 0.439. The van der Waals surface area contributed by atoms with Crippen LogP contribution in [-0.2, 0) is 0 Å². The van der Waals surface area contributed by atoms with Gasteiger partial charge in [0.05, 0.1) is 0 Å². The average Bonchev–Trinajstić information content (AvgIpc) is 2.13. The summed E-state index contributed by atoms with van der Waals surface area (Å²) in [5, 5.41) is 9.57. The van der Waals surface area contributed by atoms with Crippen LogP contribution in [0.25, 0.3) is 0 Å². The second-order valence-electron chi connectivity index (χ2n) is 3.39. The Labute approximate surface area is 99.7 Å². The van der Waals surface area contributed by atoms with E-state index in [2.05, 4.69) is 29.1 Å². The SMILES string of the molecule is C=CC[C@@H](C(=[Se])SCCCC)[C@@H](C)O. The van der Waals surface area contributed by atoms with Gasteiger partial charge in [-0.2, -0.15) is 0 Å². The Balaban J connectivity index is 3.95. The van der Waals surface area contributed by atoms with Gasteiger partial charge in [0, 0.05) is 0 Å². The molecule has 0 aliphatic heterocycles. The molecule has 1 nitrogen and oxygen atoms in total. The first-order valence-corrected chi connectivity index (χ1v) is 6.93. The number of hydrogen-bond acceptors (Lipinski definition) is 2. The zero-order valence-electron chi connectivity index (χ0n) is 9.03. The minimum atomic E-state index is -0.293. The van der Waals surface area contributed by atoms with Crippen molar-refractivity contribution in [3.05, 3.63) is 12.7 Å². The first-order chi connectivity index (χ1) is 6.63. The van der Waals surface area contributed by atoms with Crippen molar-refractivity contribution >= 4 is 31.1 Å². The summed E-state index contributed by atoms with van der Waals surface area (Å²) >= 11 is 4.90. The van der Waals surface area contributed by atoms with Crippen molar-refractivity contribution in [1.29, 1.82) is 0 Å². The average molecular weight is 279 g/mol. The van der Waals surface area contributed by atoms with E-state index in [4.69, 9.17) is 0 Å². The van der Waals surface area contributed by atoms with Gasteiger partial charge in [-0.1, -0.05) is 0 Å². The molecule has 0 aliphatic carbocycles. The van der Waals surface area contributed by atoms with Crippen LogP contribution in [0.5, 0.6) is 0 Å². The molecular weight excluding hydrogens is 259 g/mol. The molecule has 2 atom stereocenters. The van der Waals surface area contributed by atoms with E-state index in [1.807, 2.05) is 24.8 Å². The Morgan fingerprint density at radius 3 is 2.71 bits per heavy atom.